The van der Waals surface area contributed by atoms with Gasteiger partial charge in [-0.15, -0.1) is 0 Å². The van der Waals surface area contributed by atoms with E-state index in [-0.39, 0.29) is 37.4 Å². The van der Waals surface area contributed by atoms with Gasteiger partial charge in [0, 0.05) is 37.0 Å². The summed E-state index contributed by atoms with van der Waals surface area (Å²) in [5, 5.41) is 3.64. The summed E-state index contributed by atoms with van der Waals surface area (Å²) in [6, 6.07) is 23.3. The molecule has 0 fully saturated rings. The van der Waals surface area contributed by atoms with Gasteiger partial charge in [-0.25, -0.2) is 8.42 Å². The Bertz CT molecular complexity index is 1400. The first kappa shape index (κ1) is 32.2. The topological polar surface area (TPSA) is 86.8 Å². The lowest BCUT2D eigenvalue weighted by Crippen LogP contribution is -2.52. The number of amides is 2. The number of hydrogen-bond donors (Lipinski definition) is 1. The predicted molar refractivity (Wildman–Crippen MR) is 166 cm³/mol. The van der Waals surface area contributed by atoms with Gasteiger partial charge in [-0.1, -0.05) is 73.1 Å². The van der Waals surface area contributed by atoms with Gasteiger partial charge < -0.3 is 10.2 Å². The Morgan fingerprint density at radius 1 is 0.951 bits per heavy atom. The number of carbonyl (C=O) groups is 2. The van der Waals surface area contributed by atoms with E-state index in [1.165, 1.54) is 10.6 Å². The molecule has 0 aliphatic heterocycles. The monoisotopic (exact) mass is 597 g/mol. The summed E-state index contributed by atoms with van der Waals surface area (Å²) in [5.41, 5.74) is 3.29. The Morgan fingerprint density at radius 2 is 1.63 bits per heavy atom. The number of benzene rings is 3. The molecule has 0 aliphatic rings. The van der Waals surface area contributed by atoms with Crippen LogP contribution in [0.25, 0.3) is 0 Å². The normalized spacial score (nSPS) is 12.8. The van der Waals surface area contributed by atoms with E-state index in [4.69, 9.17) is 11.6 Å². The summed E-state index contributed by atoms with van der Waals surface area (Å²) >= 11 is 6.10. The molecule has 7 nitrogen and oxygen atoms in total. The maximum atomic E-state index is 13.9. The third-order valence-corrected chi connectivity index (χ3v) is 8.43. The van der Waals surface area contributed by atoms with Crippen LogP contribution in [0.1, 0.15) is 49.8 Å². The zero-order chi connectivity index (χ0) is 30.0. The van der Waals surface area contributed by atoms with Gasteiger partial charge in [0.05, 0.1) is 11.9 Å². The molecule has 1 N–H and O–H groups in total. The third kappa shape index (κ3) is 9.90. The highest BCUT2D eigenvalue weighted by molar-refractivity contribution is 7.92. The first-order chi connectivity index (χ1) is 19.5. The molecule has 0 bridgehead atoms. The van der Waals surface area contributed by atoms with Crippen molar-refractivity contribution in [3.8, 4) is 0 Å². The van der Waals surface area contributed by atoms with Crippen LogP contribution in [0.5, 0.6) is 0 Å². The van der Waals surface area contributed by atoms with Gasteiger partial charge in [-0.2, -0.15) is 0 Å². The van der Waals surface area contributed by atoms with Crippen LogP contribution in [0.15, 0.2) is 78.9 Å². The fraction of sp³-hybridized carbons (Fsp3) is 0.375. The van der Waals surface area contributed by atoms with Crippen LogP contribution < -0.4 is 9.62 Å². The number of nitrogens with zero attached hydrogens (tertiary/aromatic N) is 2. The molecule has 0 saturated heterocycles. The minimum absolute atomic E-state index is 0.0501. The highest BCUT2D eigenvalue weighted by Gasteiger charge is 2.31. The Balaban J connectivity index is 1.89. The zero-order valence-corrected chi connectivity index (χ0v) is 25.8. The Morgan fingerprint density at radius 3 is 2.24 bits per heavy atom. The number of sulfonamides is 1. The molecule has 0 heterocycles. The van der Waals surface area contributed by atoms with Crippen LogP contribution >= 0.6 is 11.6 Å². The van der Waals surface area contributed by atoms with Crippen LogP contribution in [0.2, 0.25) is 5.02 Å². The molecule has 0 radical (unpaired) electrons. The number of rotatable bonds is 14. The first-order valence-electron chi connectivity index (χ1n) is 13.9. The molecule has 3 aromatic rings. The average Bonchev–Trinajstić information content (AvgIpc) is 2.93. The summed E-state index contributed by atoms with van der Waals surface area (Å²) in [5.74, 6) is -0.444. The van der Waals surface area contributed by atoms with Crippen molar-refractivity contribution in [2.75, 3.05) is 17.1 Å². The maximum absolute atomic E-state index is 13.9. The van der Waals surface area contributed by atoms with Crippen molar-refractivity contribution in [3.05, 3.63) is 101 Å². The van der Waals surface area contributed by atoms with Crippen LogP contribution in [0.4, 0.5) is 5.69 Å². The molecular formula is C32H40ClN3O4S. The summed E-state index contributed by atoms with van der Waals surface area (Å²) in [7, 11) is -3.56. The second kappa shape index (κ2) is 15.0. The minimum atomic E-state index is -3.56. The van der Waals surface area contributed by atoms with Gasteiger partial charge in [0.2, 0.25) is 21.8 Å². The second-order valence-electron chi connectivity index (χ2n) is 10.4. The molecule has 2 atom stereocenters. The number of hydrogen-bond acceptors (Lipinski definition) is 4. The van der Waals surface area contributed by atoms with E-state index in [9.17, 15) is 18.0 Å². The molecule has 0 saturated carbocycles. The largest absolute Gasteiger partial charge is 0.352 e. The van der Waals surface area contributed by atoms with E-state index in [1.807, 2.05) is 81.4 Å². The van der Waals surface area contributed by atoms with Gasteiger partial charge in [0.25, 0.3) is 0 Å². The molecule has 0 aliphatic carbocycles. The van der Waals surface area contributed by atoms with Crippen molar-refractivity contribution < 1.29 is 18.0 Å². The van der Waals surface area contributed by atoms with Crippen molar-refractivity contribution >= 4 is 39.1 Å². The van der Waals surface area contributed by atoms with E-state index in [0.717, 1.165) is 23.1 Å². The van der Waals surface area contributed by atoms with Gasteiger partial charge >= 0.3 is 0 Å². The third-order valence-electron chi connectivity index (χ3n) is 6.98. The quantitative estimate of drug-likeness (QED) is 0.256. The van der Waals surface area contributed by atoms with Gasteiger partial charge in [0.1, 0.15) is 6.04 Å². The fourth-order valence-corrected chi connectivity index (χ4v) is 5.65. The number of anilines is 1. The fourth-order valence-electron chi connectivity index (χ4n) is 4.57. The van der Waals surface area contributed by atoms with E-state index >= 15 is 0 Å². The summed E-state index contributed by atoms with van der Waals surface area (Å²) in [6.45, 7) is 6.20. The van der Waals surface area contributed by atoms with Crippen molar-refractivity contribution in [1.29, 1.82) is 0 Å². The molecule has 3 aromatic carbocycles. The minimum Gasteiger partial charge on any atom is -0.352 e. The standard InChI is InChI=1S/C32H40ClN3O4S/c1-5-25(3)34-32(38)30(22-26-12-7-6-8-13-26)35(23-27-16-18-28(33)19-17-27)31(37)15-10-20-36(41(4,39)40)29-14-9-11-24(2)21-29/h6-9,11-14,16-19,21,25,30H,5,10,15,20,22-23H2,1-4H3,(H,34,38). The average molecular weight is 598 g/mol. The van der Waals surface area contributed by atoms with E-state index < -0.39 is 16.1 Å². The van der Waals surface area contributed by atoms with Crippen molar-refractivity contribution in [3.63, 3.8) is 0 Å². The Hall–Kier alpha value is -3.36. The van der Waals surface area contributed by atoms with Crippen LogP contribution in [0.3, 0.4) is 0 Å². The first-order valence-corrected chi connectivity index (χ1v) is 16.1. The maximum Gasteiger partial charge on any atom is 0.243 e. The Kier molecular flexibility index (Phi) is 11.8. The highest BCUT2D eigenvalue weighted by Crippen LogP contribution is 2.21. The molecule has 9 heteroatoms. The van der Waals surface area contributed by atoms with Crippen LogP contribution in [-0.2, 0) is 32.6 Å². The number of aryl methyl sites for hydroxylation is 1. The number of nitrogens with one attached hydrogen (secondary N) is 1. The van der Waals surface area contributed by atoms with Crippen molar-refractivity contribution in [2.45, 2.75) is 65.1 Å². The summed E-state index contributed by atoms with van der Waals surface area (Å²) in [6.07, 6.45) is 2.64. The van der Waals surface area contributed by atoms with Crippen LogP contribution in [-0.4, -0.2) is 50.0 Å². The lowest BCUT2D eigenvalue weighted by molar-refractivity contribution is -0.141. The molecular weight excluding hydrogens is 558 g/mol. The molecule has 0 aromatic heterocycles. The summed E-state index contributed by atoms with van der Waals surface area (Å²) in [4.78, 5) is 29.1. The highest BCUT2D eigenvalue weighted by atomic mass is 35.5. The summed E-state index contributed by atoms with van der Waals surface area (Å²) < 4.78 is 26.6. The Labute approximate surface area is 249 Å². The lowest BCUT2D eigenvalue weighted by Gasteiger charge is -2.32. The molecule has 0 spiro atoms. The van der Waals surface area contributed by atoms with E-state index in [2.05, 4.69) is 5.32 Å². The van der Waals surface area contributed by atoms with E-state index in [1.54, 1.807) is 23.1 Å². The smallest absolute Gasteiger partial charge is 0.243 e. The second-order valence-corrected chi connectivity index (χ2v) is 12.8. The lowest BCUT2D eigenvalue weighted by atomic mass is 10.0. The SMILES string of the molecule is CCC(C)NC(=O)C(Cc1ccccc1)N(Cc1ccc(Cl)cc1)C(=O)CCCN(c1cccc(C)c1)S(C)(=O)=O. The van der Waals surface area contributed by atoms with Crippen LogP contribution in [0, 0.1) is 6.92 Å². The molecule has 3 rings (SSSR count). The van der Waals surface area contributed by atoms with Gasteiger partial charge in [-0.3, -0.25) is 13.9 Å². The molecule has 220 valence electrons. The van der Waals surface area contributed by atoms with E-state index in [0.29, 0.717) is 23.6 Å². The number of carbonyl (C=O) groups excluding carboxylic acids is 2. The van der Waals surface area contributed by atoms with Gasteiger partial charge in [-0.05, 0) is 67.6 Å². The van der Waals surface area contributed by atoms with Crippen molar-refractivity contribution in [2.24, 2.45) is 0 Å². The predicted octanol–water partition coefficient (Wildman–Crippen LogP) is 5.75. The molecule has 2 unspecified atom stereocenters. The van der Waals surface area contributed by atoms with Gasteiger partial charge in [0.15, 0.2) is 0 Å². The molecule has 41 heavy (non-hydrogen) atoms. The van der Waals surface area contributed by atoms with Crippen molar-refractivity contribution in [1.82, 2.24) is 10.2 Å². The number of halogens is 1. The zero-order valence-electron chi connectivity index (χ0n) is 24.2. The molecule has 2 amide bonds.